The van der Waals surface area contributed by atoms with Crippen LogP contribution in [0.15, 0.2) is 47.9 Å². The largest absolute Gasteiger partial charge is 0.475 e. The van der Waals surface area contributed by atoms with Crippen molar-refractivity contribution in [2.24, 2.45) is 0 Å². The van der Waals surface area contributed by atoms with Crippen molar-refractivity contribution in [2.75, 3.05) is 50.5 Å². The number of nitriles is 2. The van der Waals surface area contributed by atoms with Gasteiger partial charge in [-0.05, 0) is 74.4 Å². The highest BCUT2D eigenvalue weighted by atomic mass is 35.5. The lowest BCUT2D eigenvalue weighted by Crippen LogP contribution is -2.55. The van der Waals surface area contributed by atoms with Crippen LogP contribution in [0.4, 0.5) is 5.69 Å². The number of rotatable bonds is 7. The predicted octanol–water partition coefficient (Wildman–Crippen LogP) is 6.06. The number of aromatic nitrogens is 1. The lowest BCUT2D eigenvalue weighted by Gasteiger charge is -2.42. The molecule has 0 aliphatic carbocycles. The number of piperazine rings is 1. The number of carbonyl (C=O) groups is 1. The summed E-state index contributed by atoms with van der Waals surface area (Å²) in [5.41, 5.74) is 5.04. The highest BCUT2D eigenvalue weighted by molar-refractivity contribution is 7.99. The molecule has 6 rings (SSSR count). The van der Waals surface area contributed by atoms with E-state index in [4.69, 9.17) is 21.3 Å². The van der Waals surface area contributed by atoms with Gasteiger partial charge in [0.1, 0.15) is 18.2 Å². The molecule has 226 valence electrons. The summed E-state index contributed by atoms with van der Waals surface area (Å²) in [6.45, 7) is 6.35. The maximum Gasteiger partial charge on any atom is 0.246 e. The second-order valence-electron chi connectivity index (χ2n) is 11.6. The number of aryl methyl sites for hydroxylation is 1. The van der Waals surface area contributed by atoms with E-state index in [1.165, 1.54) is 16.5 Å². The molecule has 4 heterocycles. The number of likely N-dealkylation sites (N-methyl/N-ethyl adjacent to an activating group) is 1. The van der Waals surface area contributed by atoms with Crippen molar-refractivity contribution in [3.8, 4) is 29.1 Å². The molecule has 0 saturated carbocycles. The van der Waals surface area contributed by atoms with E-state index >= 15 is 0 Å². The number of amides is 1. The first kappa shape index (κ1) is 30.3. The van der Waals surface area contributed by atoms with Crippen molar-refractivity contribution in [1.82, 2.24) is 14.8 Å². The van der Waals surface area contributed by atoms with Crippen molar-refractivity contribution in [3.63, 3.8) is 0 Å². The standard InChI is InChI=1S/C34H35ClN6O2S/c1-3-31(42)41-15-14-40(20-23(41)11-12-36)32-27-17-29(35)26(25-10-4-7-22-8-6-16-44-33(22)25)18-30(27)38-34(28(32)19-37)43-21-24-9-5-13-39(24)2/h3-4,7,10,17-18,23-24H,1,5-6,8-9,11,13-16,20-21H2,2H3/t23-,24-/m0/s1. The van der Waals surface area contributed by atoms with Crippen molar-refractivity contribution >= 4 is 45.9 Å². The van der Waals surface area contributed by atoms with Gasteiger partial charge in [-0.25, -0.2) is 4.98 Å². The van der Waals surface area contributed by atoms with E-state index in [2.05, 4.69) is 53.8 Å². The summed E-state index contributed by atoms with van der Waals surface area (Å²) in [6.07, 6.45) is 5.80. The van der Waals surface area contributed by atoms with Crippen LogP contribution >= 0.6 is 23.4 Å². The number of pyridine rings is 1. The van der Waals surface area contributed by atoms with Gasteiger partial charge in [-0.3, -0.25) is 4.79 Å². The summed E-state index contributed by atoms with van der Waals surface area (Å²) < 4.78 is 6.37. The molecule has 44 heavy (non-hydrogen) atoms. The molecule has 2 saturated heterocycles. The lowest BCUT2D eigenvalue weighted by atomic mass is 9.97. The van der Waals surface area contributed by atoms with Crippen LogP contribution in [-0.4, -0.2) is 78.4 Å². The van der Waals surface area contributed by atoms with Gasteiger partial charge < -0.3 is 19.4 Å². The molecule has 0 N–H and O–H groups in total. The molecule has 2 atom stereocenters. The maximum absolute atomic E-state index is 12.6. The molecule has 2 aromatic carbocycles. The summed E-state index contributed by atoms with van der Waals surface area (Å²) in [4.78, 5) is 24.9. The van der Waals surface area contributed by atoms with Crippen LogP contribution in [0.2, 0.25) is 5.02 Å². The first-order valence-electron chi connectivity index (χ1n) is 15.1. The Morgan fingerprint density at radius 1 is 1.20 bits per heavy atom. The summed E-state index contributed by atoms with van der Waals surface area (Å²) in [5.74, 6) is 1.17. The van der Waals surface area contributed by atoms with Crippen LogP contribution in [-0.2, 0) is 11.2 Å². The number of thioether (sulfide) groups is 1. The number of nitrogens with zero attached hydrogens (tertiary/aromatic N) is 6. The Morgan fingerprint density at radius 2 is 2.07 bits per heavy atom. The average molecular weight is 627 g/mol. The zero-order valence-electron chi connectivity index (χ0n) is 24.9. The normalized spacial score (nSPS) is 20.2. The zero-order chi connectivity index (χ0) is 30.8. The number of anilines is 1. The summed E-state index contributed by atoms with van der Waals surface area (Å²) >= 11 is 8.94. The number of ether oxygens (including phenoxy) is 1. The van der Waals surface area contributed by atoms with Crippen LogP contribution in [0.5, 0.6) is 5.88 Å². The SMILES string of the molecule is C=CC(=O)N1CCN(c2c(C#N)c(OC[C@@H]3CCCN3C)nc3cc(-c4cccc5c4SCCC5)c(Cl)cc23)C[C@@H]1CC#N. The van der Waals surface area contributed by atoms with Gasteiger partial charge in [0.05, 0.1) is 29.7 Å². The number of halogens is 1. The Morgan fingerprint density at radius 3 is 2.82 bits per heavy atom. The molecule has 2 fully saturated rings. The van der Waals surface area contributed by atoms with Crippen LogP contribution in [0.3, 0.4) is 0 Å². The third kappa shape index (κ3) is 5.73. The Balaban J connectivity index is 1.49. The Kier molecular flexibility index (Phi) is 9.00. The van der Waals surface area contributed by atoms with E-state index < -0.39 is 0 Å². The molecule has 0 unspecified atom stereocenters. The number of hydrogen-bond donors (Lipinski definition) is 0. The number of benzene rings is 2. The highest BCUT2D eigenvalue weighted by Crippen LogP contribution is 2.44. The van der Waals surface area contributed by atoms with Crippen molar-refractivity contribution in [2.45, 2.75) is 49.1 Å². The van der Waals surface area contributed by atoms with Crippen molar-refractivity contribution in [3.05, 3.63) is 59.1 Å². The quantitative estimate of drug-likeness (QED) is 0.292. The third-order valence-corrected chi connectivity index (χ3v) is 10.6. The molecule has 0 bridgehead atoms. The molecule has 1 aromatic heterocycles. The Labute approximate surface area is 267 Å². The van der Waals surface area contributed by atoms with Gasteiger partial charge in [-0.15, -0.1) is 11.8 Å². The Bertz CT molecular complexity index is 1700. The van der Waals surface area contributed by atoms with Gasteiger partial charge in [-0.2, -0.15) is 10.5 Å². The minimum absolute atomic E-state index is 0.167. The Hall–Kier alpha value is -3.76. The van der Waals surface area contributed by atoms with E-state index in [0.717, 1.165) is 54.5 Å². The summed E-state index contributed by atoms with van der Waals surface area (Å²) in [7, 11) is 2.09. The van der Waals surface area contributed by atoms with Crippen LogP contribution < -0.4 is 9.64 Å². The smallest absolute Gasteiger partial charge is 0.246 e. The van der Waals surface area contributed by atoms with Gasteiger partial charge in [0.25, 0.3) is 0 Å². The molecule has 3 aliphatic rings. The second kappa shape index (κ2) is 13.1. The molecule has 0 spiro atoms. The number of carbonyl (C=O) groups excluding carboxylic acids is 1. The molecule has 3 aliphatic heterocycles. The summed E-state index contributed by atoms with van der Waals surface area (Å²) in [5, 5.41) is 21.5. The van der Waals surface area contributed by atoms with Crippen LogP contribution in [0.25, 0.3) is 22.0 Å². The number of hydrogen-bond acceptors (Lipinski definition) is 8. The fourth-order valence-corrected chi connectivity index (χ4v) is 8.14. The second-order valence-corrected chi connectivity index (χ2v) is 13.1. The van der Waals surface area contributed by atoms with Gasteiger partial charge in [0, 0.05) is 46.5 Å². The molecule has 8 nitrogen and oxygen atoms in total. The minimum atomic E-state index is -0.354. The first-order chi connectivity index (χ1) is 21.4. The number of fused-ring (bicyclic) bond motifs is 2. The highest BCUT2D eigenvalue weighted by Gasteiger charge is 2.33. The average Bonchev–Trinajstić information content (AvgIpc) is 3.46. The van der Waals surface area contributed by atoms with Gasteiger partial charge >= 0.3 is 0 Å². The van der Waals surface area contributed by atoms with Crippen molar-refractivity contribution in [1.29, 1.82) is 10.5 Å². The number of likely N-dealkylation sites (tertiary alicyclic amines) is 1. The predicted molar refractivity (Wildman–Crippen MR) is 175 cm³/mol. The van der Waals surface area contributed by atoms with E-state index in [0.29, 0.717) is 53.9 Å². The minimum Gasteiger partial charge on any atom is -0.475 e. The van der Waals surface area contributed by atoms with Gasteiger partial charge in [-0.1, -0.05) is 36.4 Å². The van der Waals surface area contributed by atoms with Crippen LogP contribution in [0, 0.1) is 22.7 Å². The molecule has 3 aromatic rings. The molecule has 10 heteroatoms. The first-order valence-corrected chi connectivity index (χ1v) is 16.5. The zero-order valence-corrected chi connectivity index (χ0v) is 26.5. The molecule has 0 radical (unpaired) electrons. The fraction of sp³-hybridized carbons (Fsp3) is 0.412. The summed E-state index contributed by atoms with van der Waals surface area (Å²) in [6, 6.07) is 14.8. The topological polar surface area (TPSA) is 96.5 Å². The third-order valence-electron chi connectivity index (χ3n) is 9.02. The maximum atomic E-state index is 12.6. The van der Waals surface area contributed by atoms with Crippen LogP contribution in [0.1, 0.15) is 36.8 Å². The lowest BCUT2D eigenvalue weighted by molar-refractivity contribution is -0.128. The van der Waals surface area contributed by atoms with E-state index in [-0.39, 0.29) is 24.4 Å². The fourth-order valence-electron chi connectivity index (χ4n) is 6.70. The van der Waals surface area contributed by atoms with Gasteiger partial charge in [0.15, 0.2) is 0 Å². The van der Waals surface area contributed by atoms with Gasteiger partial charge in [0.2, 0.25) is 11.8 Å². The molecular formula is C34H35ClN6O2S. The molecule has 1 amide bonds. The monoisotopic (exact) mass is 626 g/mol. The van der Waals surface area contributed by atoms with E-state index in [1.807, 2.05) is 23.9 Å². The molecular weight excluding hydrogens is 592 g/mol. The van der Waals surface area contributed by atoms with E-state index in [9.17, 15) is 15.3 Å². The van der Waals surface area contributed by atoms with E-state index in [1.54, 1.807) is 4.90 Å². The van der Waals surface area contributed by atoms with Crippen molar-refractivity contribution < 1.29 is 9.53 Å².